The second kappa shape index (κ2) is 6.35. The van der Waals surface area contributed by atoms with Gasteiger partial charge >= 0.3 is 0 Å². The summed E-state index contributed by atoms with van der Waals surface area (Å²) in [4.78, 5) is 15.8. The van der Waals surface area contributed by atoms with Crippen LogP contribution in [0.4, 0.5) is 0 Å². The third kappa shape index (κ3) is 3.73. The van der Waals surface area contributed by atoms with Gasteiger partial charge in [0.2, 0.25) is 0 Å². The fourth-order valence-corrected chi connectivity index (χ4v) is 1.44. The molecule has 0 bridgehead atoms. The predicted molar refractivity (Wildman–Crippen MR) is 58.6 cm³/mol. The molecule has 0 aromatic rings. The number of aliphatic imine (C=N–C) groups is 1. The lowest BCUT2D eigenvalue weighted by Gasteiger charge is -2.07. The van der Waals surface area contributed by atoms with E-state index in [9.17, 15) is 4.79 Å². The van der Waals surface area contributed by atoms with E-state index in [1.54, 1.807) is 6.08 Å². The van der Waals surface area contributed by atoms with E-state index in [0.717, 1.165) is 25.9 Å². The molecule has 1 amide bonds. The molecule has 3 heteroatoms. The highest BCUT2D eigenvalue weighted by Crippen LogP contribution is 2.01. The average Bonchev–Trinajstić information content (AvgIpc) is 2.20. The van der Waals surface area contributed by atoms with E-state index < -0.39 is 0 Å². The number of rotatable bonds is 1. The number of hydrogen-bond acceptors (Lipinski definition) is 2. The second-order valence-electron chi connectivity index (χ2n) is 3.44. The van der Waals surface area contributed by atoms with E-state index in [-0.39, 0.29) is 5.91 Å². The van der Waals surface area contributed by atoms with Gasteiger partial charge in [-0.05, 0) is 25.8 Å². The number of carbonyl (C=O) groups excluding carboxylic acids is 1. The lowest BCUT2D eigenvalue weighted by molar-refractivity contribution is -0.114. The molecular formula is C11H18N2O. The minimum Gasteiger partial charge on any atom is -0.351 e. The molecule has 1 heterocycles. The van der Waals surface area contributed by atoms with Crippen molar-refractivity contribution in [3.63, 3.8) is 0 Å². The predicted octanol–water partition coefficient (Wildman–Crippen LogP) is 1.69. The van der Waals surface area contributed by atoms with Gasteiger partial charge in [-0.2, -0.15) is 0 Å². The van der Waals surface area contributed by atoms with Crippen LogP contribution in [0.3, 0.4) is 0 Å². The SMILES string of the molecule is CC=CC1=NCCCCCCNC1=O. The first-order chi connectivity index (χ1) is 6.84. The first kappa shape index (κ1) is 11.0. The van der Waals surface area contributed by atoms with E-state index in [1.807, 2.05) is 13.0 Å². The van der Waals surface area contributed by atoms with Gasteiger partial charge in [0.1, 0.15) is 5.71 Å². The van der Waals surface area contributed by atoms with Crippen molar-refractivity contribution in [3.05, 3.63) is 12.2 Å². The fourth-order valence-electron chi connectivity index (χ4n) is 1.44. The summed E-state index contributed by atoms with van der Waals surface area (Å²) in [6.07, 6.45) is 8.20. The van der Waals surface area contributed by atoms with Gasteiger partial charge in [0, 0.05) is 13.1 Å². The highest BCUT2D eigenvalue weighted by molar-refractivity contribution is 6.43. The maximum Gasteiger partial charge on any atom is 0.269 e. The van der Waals surface area contributed by atoms with Crippen LogP contribution in [0.1, 0.15) is 32.6 Å². The van der Waals surface area contributed by atoms with Crippen LogP contribution in [0, 0.1) is 0 Å². The van der Waals surface area contributed by atoms with Gasteiger partial charge in [0.05, 0.1) is 0 Å². The van der Waals surface area contributed by atoms with Crippen LogP contribution in [0.15, 0.2) is 17.1 Å². The van der Waals surface area contributed by atoms with Gasteiger partial charge in [-0.25, -0.2) is 0 Å². The van der Waals surface area contributed by atoms with Crippen LogP contribution in [0.2, 0.25) is 0 Å². The number of amides is 1. The van der Waals surface area contributed by atoms with Crippen LogP contribution >= 0.6 is 0 Å². The normalized spacial score (nSPS) is 20.4. The minimum atomic E-state index is -0.0370. The monoisotopic (exact) mass is 194 g/mol. The molecular weight excluding hydrogens is 176 g/mol. The standard InChI is InChI=1S/C11H18N2O/c1-2-7-10-11(14)13-9-6-4-3-5-8-12-10/h2,7H,3-6,8-9H2,1H3,(H,13,14). The summed E-state index contributed by atoms with van der Waals surface area (Å²) in [6.45, 7) is 3.44. The molecule has 0 fully saturated rings. The van der Waals surface area contributed by atoms with E-state index in [4.69, 9.17) is 0 Å². The van der Waals surface area contributed by atoms with Gasteiger partial charge < -0.3 is 5.32 Å². The maximum absolute atomic E-state index is 11.5. The molecule has 1 rings (SSSR count). The molecule has 0 radical (unpaired) electrons. The molecule has 0 saturated heterocycles. The molecule has 1 aliphatic rings. The second-order valence-corrected chi connectivity index (χ2v) is 3.44. The molecule has 14 heavy (non-hydrogen) atoms. The molecule has 78 valence electrons. The largest absolute Gasteiger partial charge is 0.351 e. The van der Waals surface area contributed by atoms with Crippen molar-refractivity contribution in [1.82, 2.24) is 5.32 Å². The Hall–Kier alpha value is -1.12. The number of nitrogens with zero attached hydrogens (tertiary/aromatic N) is 1. The number of allylic oxidation sites excluding steroid dienone is 1. The smallest absolute Gasteiger partial charge is 0.269 e. The third-order valence-electron chi connectivity index (χ3n) is 2.21. The lowest BCUT2D eigenvalue weighted by Crippen LogP contribution is -2.31. The van der Waals surface area contributed by atoms with Crippen molar-refractivity contribution in [2.75, 3.05) is 13.1 Å². The molecule has 3 nitrogen and oxygen atoms in total. The number of nitrogens with one attached hydrogen (secondary N) is 1. The summed E-state index contributed by atoms with van der Waals surface area (Å²) < 4.78 is 0. The van der Waals surface area contributed by atoms with Crippen LogP contribution < -0.4 is 5.32 Å². The van der Waals surface area contributed by atoms with Crippen molar-refractivity contribution < 1.29 is 4.79 Å². The minimum absolute atomic E-state index is 0.0370. The number of hydrogen-bond donors (Lipinski definition) is 1. The van der Waals surface area contributed by atoms with Gasteiger partial charge in [-0.15, -0.1) is 0 Å². The first-order valence-electron chi connectivity index (χ1n) is 5.30. The highest BCUT2D eigenvalue weighted by atomic mass is 16.1. The van der Waals surface area contributed by atoms with Gasteiger partial charge in [0.15, 0.2) is 0 Å². The van der Waals surface area contributed by atoms with E-state index in [1.165, 1.54) is 12.8 Å². The Morgan fingerprint density at radius 2 is 2.07 bits per heavy atom. The van der Waals surface area contributed by atoms with Crippen molar-refractivity contribution >= 4 is 11.6 Å². The molecule has 0 unspecified atom stereocenters. The third-order valence-corrected chi connectivity index (χ3v) is 2.21. The molecule has 0 aromatic heterocycles. The summed E-state index contributed by atoms with van der Waals surface area (Å²) in [5.41, 5.74) is 0.564. The Labute approximate surface area is 85.3 Å². The van der Waals surface area contributed by atoms with Crippen LogP contribution in [0.25, 0.3) is 0 Å². The zero-order chi connectivity index (χ0) is 10.2. The molecule has 0 aromatic carbocycles. The van der Waals surface area contributed by atoms with E-state index in [2.05, 4.69) is 10.3 Å². The lowest BCUT2D eigenvalue weighted by atomic mass is 10.1. The molecule has 1 N–H and O–H groups in total. The summed E-state index contributed by atoms with van der Waals surface area (Å²) in [5, 5.41) is 2.87. The van der Waals surface area contributed by atoms with Crippen molar-refractivity contribution in [2.45, 2.75) is 32.6 Å². The zero-order valence-electron chi connectivity index (χ0n) is 8.75. The van der Waals surface area contributed by atoms with Crippen molar-refractivity contribution in [2.24, 2.45) is 4.99 Å². The van der Waals surface area contributed by atoms with Crippen LogP contribution in [-0.4, -0.2) is 24.7 Å². The summed E-state index contributed by atoms with van der Waals surface area (Å²) >= 11 is 0. The Morgan fingerprint density at radius 1 is 1.29 bits per heavy atom. The van der Waals surface area contributed by atoms with E-state index in [0.29, 0.717) is 5.71 Å². The van der Waals surface area contributed by atoms with Crippen LogP contribution in [0.5, 0.6) is 0 Å². The topological polar surface area (TPSA) is 41.5 Å². The number of carbonyl (C=O) groups is 1. The Balaban J connectivity index is 2.63. The van der Waals surface area contributed by atoms with Crippen LogP contribution in [-0.2, 0) is 4.79 Å². The maximum atomic E-state index is 11.5. The fraction of sp³-hybridized carbons (Fsp3) is 0.636. The molecule has 0 saturated carbocycles. The summed E-state index contributed by atoms with van der Waals surface area (Å²) in [7, 11) is 0. The van der Waals surface area contributed by atoms with Crippen molar-refractivity contribution in [1.29, 1.82) is 0 Å². The molecule has 1 aliphatic heterocycles. The van der Waals surface area contributed by atoms with Gasteiger partial charge in [-0.3, -0.25) is 9.79 Å². The Bertz CT molecular complexity index is 244. The zero-order valence-corrected chi connectivity index (χ0v) is 8.75. The molecule has 0 spiro atoms. The summed E-state index contributed by atoms with van der Waals surface area (Å²) in [5.74, 6) is -0.0370. The van der Waals surface area contributed by atoms with Crippen molar-refractivity contribution in [3.8, 4) is 0 Å². The Kier molecular flexibility index (Phi) is 4.97. The Morgan fingerprint density at radius 3 is 2.86 bits per heavy atom. The average molecular weight is 194 g/mol. The summed E-state index contributed by atoms with van der Waals surface area (Å²) in [6, 6.07) is 0. The highest BCUT2D eigenvalue weighted by Gasteiger charge is 2.07. The molecule has 0 aliphatic carbocycles. The van der Waals surface area contributed by atoms with E-state index >= 15 is 0 Å². The van der Waals surface area contributed by atoms with Gasteiger partial charge in [-0.1, -0.05) is 18.9 Å². The first-order valence-corrected chi connectivity index (χ1v) is 5.30. The quantitative estimate of drug-likeness (QED) is 0.678. The molecule has 0 atom stereocenters. The van der Waals surface area contributed by atoms with Gasteiger partial charge in [0.25, 0.3) is 5.91 Å².